The van der Waals surface area contributed by atoms with Crippen molar-refractivity contribution in [2.24, 2.45) is 5.92 Å². The first kappa shape index (κ1) is 22.0. The molecule has 3 rings (SSSR count). The van der Waals surface area contributed by atoms with Crippen LogP contribution in [0.1, 0.15) is 39.2 Å². The third-order valence-electron chi connectivity index (χ3n) is 4.85. The summed E-state index contributed by atoms with van der Waals surface area (Å²) in [5, 5.41) is 9.19. The van der Waals surface area contributed by atoms with Crippen LogP contribution in [0.2, 0.25) is 0 Å². The fourth-order valence-electron chi connectivity index (χ4n) is 3.20. The van der Waals surface area contributed by atoms with Crippen molar-refractivity contribution in [3.8, 4) is 17.1 Å². The van der Waals surface area contributed by atoms with E-state index in [0.717, 1.165) is 12.8 Å². The summed E-state index contributed by atoms with van der Waals surface area (Å²) >= 11 is 0. The van der Waals surface area contributed by atoms with Gasteiger partial charge in [0.15, 0.2) is 11.6 Å². The van der Waals surface area contributed by atoms with Crippen LogP contribution in [0, 0.1) is 11.7 Å². The van der Waals surface area contributed by atoms with Crippen LogP contribution in [0.3, 0.4) is 0 Å². The number of hydrogen-bond acceptors (Lipinski definition) is 6. The van der Waals surface area contributed by atoms with Crippen LogP contribution >= 0.6 is 0 Å². The molecule has 1 aromatic heterocycles. The Hall–Kier alpha value is -2.74. The molecule has 30 heavy (non-hydrogen) atoms. The van der Waals surface area contributed by atoms with Crippen LogP contribution in [0.25, 0.3) is 11.4 Å². The zero-order valence-electron chi connectivity index (χ0n) is 17.6. The summed E-state index contributed by atoms with van der Waals surface area (Å²) in [7, 11) is 0. The number of nitrogens with zero attached hydrogens (tertiary/aromatic N) is 3. The Labute approximate surface area is 175 Å². The highest BCUT2D eigenvalue weighted by Gasteiger charge is 2.27. The van der Waals surface area contributed by atoms with E-state index in [2.05, 4.69) is 9.97 Å². The lowest BCUT2D eigenvalue weighted by atomic mass is 9.98. The van der Waals surface area contributed by atoms with Crippen molar-refractivity contribution in [2.45, 2.75) is 45.8 Å². The predicted molar refractivity (Wildman–Crippen MR) is 109 cm³/mol. The molecule has 1 saturated heterocycles. The van der Waals surface area contributed by atoms with Crippen molar-refractivity contribution in [2.75, 3.05) is 19.7 Å². The van der Waals surface area contributed by atoms with Gasteiger partial charge in [0.1, 0.15) is 11.4 Å². The van der Waals surface area contributed by atoms with Gasteiger partial charge < -0.3 is 19.5 Å². The largest absolute Gasteiger partial charge is 0.490 e. The van der Waals surface area contributed by atoms with Crippen LogP contribution in [-0.4, -0.2) is 51.4 Å². The monoisotopic (exact) mass is 417 g/mol. The van der Waals surface area contributed by atoms with Gasteiger partial charge in [0, 0.05) is 24.2 Å². The summed E-state index contributed by atoms with van der Waals surface area (Å²) < 4.78 is 24.8. The number of carbonyl (C=O) groups is 1. The average molecular weight is 417 g/mol. The fraction of sp³-hybridized carbons (Fsp3) is 0.500. The van der Waals surface area contributed by atoms with E-state index in [0.29, 0.717) is 42.8 Å². The zero-order chi connectivity index (χ0) is 21.7. The van der Waals surface area contributed by atoms with Crippen molar-refractivity contribution >= 4 is 6.09 Å². The number of hydrogen-bond donors (Lipinski definition) is 1. The molecule has 0 spiro atoms. The molecule has 7 nitrogen and oxygen atoms in total. The van der Waals surface area contributed by atoms with Gasteiger partial charge in [-0.05, 0) is 57.7 Å². The van der Waals surface area contributed by atoms with Crippen molar-refractivity contribution < 1.29 is 23.8 Å². The number of benzene rings is 1. The van der Waals surface area contributed by atoms with Gasteiger partial charge in [-0.2, -0.15) is 0 Å². The Morgan fingerprint density at radius 2 is 1.90 bits per heavy atom. The minimum atomic E-state index is -0.489. The SMILES string of the molecule is CC(C)(C)OC(=O)N1CCC(COc2cnc(-c3ccc(F)c(CO)c3)nc2)CC1. The quantitative estimate of drug-likeness (QED) is 0.797. The van der Waals surface area contributed by atoms with E-state index in [9.17, 15) is 14.3 Å². The molecule has 8 heteroatoms. The van der Waals surface area contributed by atoms with Gasteiger partial charge in [0.2, 0.25) is 0 Å². The molecule has 2 aromatic rings. The van der Waals surface area contributed by atoms with Crippen LogP contribution in [0.5, 0.6) is 5.75 Å². The van der Waals surface area contributed by atoms with Gasteiger partial charge >= 0.3 is 6.09 Å². The van der Waals surface area contributed by atoms with Crippen LogP contribution in [0.15, 0.2) is 30.6 Å². The van der Waals surface area contributed by atoms with E-state index >= 15 is 0 Å². The lowest BCUT2D eigenvalue weighted by Crippen LogP contribution is -2.42. The maximum Gasteiger partial charge on any atom is 0.410 e. The van der Waals surface area contributed by atoms with E-state index in [4.69, 9.17) is 9.47 Å². The zero-order valence-corrected chi connectivity index (χ0v) is 17.6. The molecular formula is C22H28FN3O4. The molecular weight excluding hydrogens is 389 g/mol. The van der Waals surface area contributed by atoms with E-state index in [1.165, 1.54) is 12.1 Å². The van der Waals surface area contributed by atoms with E-state index < -0.39 is 11.4 Å². The first-order chi connectivity index (χ1) is 14.2. The highest BCUT2D eigenvalue weighted by Crippen LogP contribution is 2.23. The van der Waals surface area contributed by atoms with Gasteiger partial charge in [-0.3, -0.25) is 0 Å². The maximum absolute atomic E-state index is 13.5. The maximum atomic E-state index is 13.5. The lowest BCUT2D eigenvalue weighted by Gasteiger charge is -2.33. The molecule has 2 heterocycles. The Balaban J connectivity index is 1.49. The highest BCUT2D eigenvalue weighted by atomic mass is 19.1. The number of rotatable bonds is 5. The van der Waals surface area contributed by atoms with Crippen LogP contribution in [0.4, 0.5) is 9.18 Å². The smallest absolute Gasteiger partial charge is 0.410 e. The second kappa shape index (κ2) is 9.38. The minimum absolute atomic E-state index is 0.203. The molecule has 0 unspecified atom stereocenters. The third-order valence-corrected chi connectivity index (χ3v) is 4.85. The summed E-state index contributed by atoms with van der Waals surface area (Å²) in [6.45, 7) is 7.03. The standard InChI is InChI=1S/C22H28FN3O4/c1-22(2,3)30-21(28)26-8-6-15(7-9-26)14-29-18-11-24-20(25-12-18)16-4-5-19(23)17(10-16)13-27/h4-5,10-12,15,27H,6-9,13-14H2,1-3H3. The number of aliphatic hydroxyl groups excluding tert-OH is 1. The first-order valence-electron chi connectivity index (χ1n) is 10.1. The van der Waals surface area contributed by atoms with Gasteiger partial charge in [0.05, 0.1) is 25.6 Å². The number of ether oxygens (including phenoxy) is 2. The number of carbonyl (C=O) groups excluding carboxylic acids is 1. The highest BCUT2D eigenvalue weighted by molar-refractivity contribution is 5.68. The topological polar surface area (TPSA) is 84.8 Å². The van der Waals surface area contributed by atoms with Crippen molar-refractivity contribution in [1.82, 2.24) is 14.9 Å². The third kappa shape index (κ3) is 5.89. The summed E-state index contributed by atoms with van der Waals surface area (Å²) in [6.07, 6.45) is 4.59. The minimum Gasteiger partial charge on any atom is -0.490 e. The van der Waals surface area contributed by atoms with Gasteiger partial charge in [-0.25, -0.2) is 19.2 Å². The summed E-state index contributed by atoms with van der Waals surface area (Å²) in [6, 6.07) is 4.39. The van der Waals surface area contributed by atoms with Crippen molar-refractivity contribution in [3.05, 3.63) is 42.0 Å². The van der Waals surface area contributed by atoms with Gasteiger partial charge in [-0.15, -0.1) is 0 Å². The Bertz CT molecular complexity index is 860. The van der Waals surface area contributed by atoms with Crippen molar-refractivity contribution in [1.29, 1.82) is 0 Å². The molecule has 1 amide bonds. The molecule has 0 radical (unpaired) electrons. The summed E-state index contributed by atoms with van der Waals surface area (Å²) in [5.41, 5.74) is 0.340. The number of aromatic nitrogens is 2. The lowest BCUT2D eigenvalue weighted by molar-refractivity contribution is 0.0165. The Kier molecular flexibility index (Phi) is 6.87. The van der Waals surface area contributed by atoms with Crippen LogP contribution in [-0.2, 0) is 11.3 Å². The molecule has 1 N–H and O–H groups in total. The summed E-state index contributed by atoms with van der Waals surface area (Å²) in [5.74, 6) is 0.868. The predicted octanol–water partition coefficient (Wildman–Crippen LogP) is 3.80. The molecule has 1 aromatic carbocycles. The van der Waals surface area contributed by atoms with E-state index in [-0.39, 0.29) is 18.3 Å². The molecule has 1 fully saturated rings. The van der Waals surface area contributed by atoms with Gasteiger partial charge in [-0.1, -0.05) is 0 Å². The molecule has 162 valence electrons. The van der Waals surface area contributed by atoms with E-state index in [1.807, 2.05) is 20.8 Å². The average Bonchev–Trinajstić information content (AvgIpc) is 2.72. The molecule has 0 atom stereocenters. The van der Waals surface area contributed by atoms with Crippen molar-refractivity contribution in [3.63, 3.8) is 0 Å². The Morgan fingerprint density at radius 1 is 1.23 bits per heavy atom. The second-order valence-electron chi connectivity index (χ2n) is 8.43. The van der Waals surface area contributed by atoms with Crippen LogP contribution < -0.4 is 4.74 Å². The molecule has 1 aliphatic rings. The second-order valence-corrected chi connectivity index (χ2v) is 8.43. The molecule has 0 saturated carbocycles. The number of aliphatic hydroxyl groups is 1. The molecule has 0 aliphatic carbocycles. The number of likely N-dealkylation sites (tertiary alicyclic amines) is 1. The molecule has 0 bridgehead atoms. The number of piperidine rings is 1. The number of halogens is 1. The molecule has 1 aliphatic heterocycles. The number of amides is 1. The Morgan fingerprint density at radius 3 is 2.50 bits per heavy atom. The fourth-order valence-corrected chi connectivity index (χ4v) is 3.20. The normalized spacial score (nSPS) is 15.2. The summed E-state index contributed by atoms with van der Waals surface area (Å²) in [4.78, 5) is 22.4. The van der Waals surface area contributed by atoms with E-state index in [1.54, 1.807) is 23.4 Å². The first-order valence-corrected chi connectivity index (χ1v) is 10.1. The van der Waals surface area contributed by atoms with Gasteiger partial charge in [0.25, 0.3) is 0 Å².